The molecule has 5 heteroatoms. The molecule has 0 bridgehead atoms. The highest BCUT2D eigenvalue weighted by Gasteiger charge is 2.39. The highest BCUT2D eigenvalue weighted by Crippen LogP contribution is 2.21. The molecule has 1 aromatic carbocycles. The van der Waals surface area contributed by atoms with E-state index < -0.39 is 11.9 Å². The lowest BCUT2D eigenvalue weighted by Crippen LogP contribution is -2.47. The van der Waals surface area contributed by atoms with Crippen LogP contribution in [0, 0.1) is 5.92 Å². The van der Waals surface area contributed by atoms with Crippen molar-refractivity contribution in [1.82, 2.24) is 4.90 Å². The first kappa shape index (κ1) is 15.5. The van der Waals surface area contributed by atoms with Gasteiger partial charge >= 0.3 is 5.97 Å². The first-order chi connectivity index (χ1) is 10.1. The average molecular weight is 291 g/mol. The molecule has 0 radical (unpaired) electrons. The maximum atomic E-state index is 12.5. The van der Waals surface area contributed by atoms with Gasteiger partial charge in [-0.3, -0.25) is 9.59 Å². The molecule has 1 saturated heterocycles. The summed E-state index contributed by atoms with van der Waals surface area (Å²) in [6.07, 6.45) is 1.09. The molecule has 1 heterocycles. The largest absolute Gasteiger partial charge is 0.481 e. The number of benzene rings is 1. The Kier molecular flexibility index (Phi) is 5.33. The third-order valence-electron chi connectivity index (χ3n) is 3.75. The highest BCUT2D eigenvalue weighted by atomic mass is 16.5. The molecule has 1 N–H and O–H groups in total. The van der Waals surface area contributed by atoms with Crippen LogP contribution < -0.4 is 0 Å². The summed E-state index contributed by atoms with van der Waals surface area (Å²) in [5, 5.41) is 9.25. The molecule has 2 atom stereocenters. The summed E-state index contributed by atoms with van der Waals surface area (Å²) in [7, 11) is 0. The number of amides is 1. The van der Waals surface area contributed by atoms with Gasteiger partial charge in [0.05, 0.1) is 25.7 Å². The van der Waals surface area contributed by atoms with Crippen LogP contribution in [0.2, 0.25) is 0 Å². The summed E-state index contributed by atoms with van der Waals surface area (Å²) in [5.41, 5.74) is 0.939. The summed E-state index contributed by atoms with van der Waals surface area (Å²) < 4.78 is 5.28. The Labute approximate surface area is 124 Å². The summed E-state index contributed by atoms with van der Waals surface area (Å²) in [4.78, 5) is 25.5. The van der Waals surface area contributed by atoms with E-state index in [4.69, 9.17) is 4.74 Å². The lowest BCUT2D eigenvalue weighted by Gasteiger charge is -2.30. The van der Waals surface area contributed by atoms with Gasteiger partial charge in [0.25, 0.3) is 0 Å². The summed E-state index contributed by atoms with van der Waals surface area (Å²) in [6.45, 7) is 3.02. The second-order valence-electron chi connectivity index (χ2n) is 5.30. The smallest absolute Gasteiger partial charge is 0.311 e. The van der Waals surface area contributed by atoms with Crippen molar-refractivity contribution >= 4 is 11.9 Å². The van der Waals surface area contributed by atoms with Crippen molar-refractivity contribution in [3.8, 4) is 0 Å². The van der Waals surface area contributed by atoms with Gasteiger partial charge in [-0.05, 0) is 12.0 Å². The molecule has 0 spiro atoms. The third kappa shape index (κ3) is 3.82. The van der Waals surface area contributed by atoms with Crippen LogP contribution in [0.3, 0.4) is 0 Å². The van der Waals surface area contributed by atoms with Crippen LogP contribution in [-0.2, 0) is 20.7 Å². The van der Waals surface area contributed by atoms with Crippen molar-refractivity contribution in [3.63, 3.8) is 0 Å². The molecule has 2 rings (SSSR count). The predicted octanol–water partition coefficient (Wildman–Crippen LogP) is 1.57. The fraction of sp³-hybridized carbons (Fsp3) is 0.500. The Balaban J connectivity index is 2.10. The maximum absolute atomic E-state index is 12.5. The van der Waals surface area contributed by atoms with Crippen LogP contribution in [0.5, 0.6) is 0 Å². The molecule has 5 nitrogen and oxygen atoms in total. The van der Waals surface area contributed by atoms with E-state index in [1.165, 1.54) is 0 Å². The van der Waals surface area contributed by atoms with Gasteiger partial charge in [-0.25, -0.2) is 0 Å². The van der Waals surface area contributed by atoms with Crippen molar-refractivity contribution in [1.29, 1.82) is 0 Å². The van der Waals surface area contributed by atoms with Gasteiger partial charge in [-0.1, -0.05) is 37.3 Å². The van der Waals surface area contributed by atoms with Gasteiger partial charge in [0.2, 0.25) is 5.91 Å². The third-order valence-corrected chi connectivity index (χ3v) is 3.75. The number of rotatable bonds is 6. The molecule has 1 aliphatic rings. The van der Waals surface area contributed by atoms with Crippen molar-refractivity contribution < 1.29 is 19.4 Å². The molecule has 1 aliphatic heterocycles. The van der Waals surface area contributed by atoms with Crippen molar-refractivity contribution in [2.75, 3.05) is 19.8 Å². The molecule has 1 aromatic rings. The molecule has 1 fully saturated rings. The quantitative estimate of drug-likeness (QED) is 0.864. The van der Waals surface area contributed by atoms with E-state index in [9.17, 15) is 14.7 Å². The number of carbonyl (C=O) groups is 2. The minimum Gasteiger partial charge on any atom is -0.481 e. The minimum absolute atomic E-state index is 0.0372. The number of ether oxygens (including phenoxy) is 1. The van der Waals surface area contributed by atoms with E-state index in [2.05, 4.69) is 0 Å². The van der Waals surface area contributed by atoms with Gasteiger partial charge in [-0.15, -0.1) is 0 Å². The average Bonchev–Trinajstić information content (AvgIpc) is 2.95. The Morgan fingerprint density at radius 1 is 1.29 bits per heavy atom. The molecular formula is C16H21NO4. The van der Waals surface area contributed by atoms with Gasteiger partial charge in [0.15, 0.2) is 0 Å². The Bertz CT molecular complexity index is 488. The number of carboxylic acid groups (broad SMARTS) is 1. The number of aliphatic carboxylic acids is 1. The van der Waals surface area contributed by atoms with Crippen LogP contribution in [0.1, 0.15) is 18.9 Å². The van der Waals surface area contributed by atoms with Gasteiger partial charge < -0.3 is 14.7 Å². The summed E-state index contributed by atoms with van der Waals surface area (Å²) >= 11 is 0. The van der Waals surface area contributed by atoms with E-state index in [0.29, 0.717) is 19.6 Å². The minimum atomic E-state index is -0.897. The highest BCUT2D eigenvalue weighted by molar-refractivity contribution is 5.80. The fourth-order valence-electron chi connectivity index (χ4n) is 2.67. The summed E-state index contributed by atoms with van der Waals surface area (Å²) in [6, 6.07) is 9.14. The number of carboxylic acids is 1. The molecule has 0 aliphatic carbocycles. The molecular weight excluding hydrogens is 270 g/mol. The molecule has 1 amide bonds. The van der Waals surface area contributed by atoms with Crippen LogP contribution in [0.4, 0.5) is 0 Å². The Morgan fingerprint density at radius 2 is 2.00 bits per heavy atom. The van der Waals surface area contributed by atoms with Crippen molar-refractivity contribution in [3.05, 3.63) is 35.9 Å². The van der Waals surface area contributed by atoms with Gasteiger partial charge in [0, 0.05) is 6.54 Å². The van der Waals surface area contributed by atoms with Crippen molar-refractivity contribution in [2.45, 2.75) is 25.8 Å². The number of hydrogen-bond donors (Lipinski definition) is 1. The topological polar surface area (TPSA) is 66.8 Å². The Hall–Kier alpha value is -1.88. The van der Waals surface area contributed by atoms with Gasteiger partial charge in [0.1, 0.15) is 5.92 Å². The Morgan fingerprint density at radius 3 is 2.62 bits per heavy atom. The summed E-state index contributed by atoms with van der Waals surface area (Å²) in [5.74, 6) is -1.56. The lowest BCUT2D eigenvalue weighted by atomic mass is 10.0. The molecule has 0 saturated carbocycles. The van der Waals surface area contributed by atoms with Crippen LogP contribution in [0.25, 0.3) is 0 Å². The zero-order valence-electron chi connectivity index (χ0n) is 12.2. The van der Waals surface area contributed by atoms with E-state index in [-0.39, 0.29) is 18.6 Å². The second kappa shape index (κ2) is 7.22. The molecule has 114 valence electrons. The fourth-order valence-corrected chi connectivity index (χ4v) is 2.67. The van der Waals surface area contributed by atoms with Gasteiger partial charge in [-0.2, -0.15) is 0 Å². The van der Waals surface area contributed by atoms with Crippen molar-refractivity contribution in [2.24, 2.45) is 5.92 Å². The maximum Gasteiger partial charge on any atom is 0.311 e. The molecule has 2 unspecified atom stereocenters. The molecule has 21 heavy (non-hydrogen) atoms. The second-order valence-corrected chi connectivity index (χ2v) is 5.30. The predicted molar refractivity (Wildman–Crippen MR) is 77.9 cm³/mol. The van der Waals surface area contributed by atoms with Crippen LogP contribution >= 0.6 is 0 Å². The number of carbonyl (C=O) groups excluding carboxylic acids is 1. The standard InChI is InChI=1S/C16H21NO4/c1-2-8-17(14-11-21-10-13(14)16(19)20)15(18)9-12-6-4-3-5-7-12/h3-7,13-14H,2,8-11H2,1H3,(H,19,20). The monoisotopic (exact) mass is 291 g/mol. The van der Waals surface area contributed by atoms with E-state index in [1.807, 2.05) is 37.3 Å². The zero-order chi connectivity index (χ0) is 15.2. The van der Waals surface area contributed by atoms with E-state index in [0.717, 1.165) is 12.0 Å². The number of hydrogen-bond acceptors (Lipinski definition) is 3. The SMILES string of the molecule is CCCN(C(=O)Cc1ccccc1)C1COCC1C(=O)O. The normalized spacial score (nSPS) is 21.2. The lowest BCUT2D eigenvalue weighted by molar-refractivity contribution is -0.145. The first-order valence-electron chi connectivity index (χ1n) is 7.27. The first-order valence-corrected chi connectivity index (χ1v) is 7.27. The number of nitrogens with zero attached hydrogens (tertiary/aromatic N) is 1. The zero-order valence-corrected chi connectivity index (χ0v) is 12.2. The van der Waals surface area contributed by atoms with E-state index >= 15 is 0 Å². The molecule has 0 aromatic heterocycles. The van der Waals surface area contributed by atoms with Crippen LogP contribution in [0.15, 0.2) is 30.3 Å². The van der Waals surface area contributed by atoms with Crippen LogP contribution in [-0.4, -0.2) is 47.7 Å². The van der Waals surface area contributed by atoms with E-state index in [1.54, 1.807) is 4.90 Å².